The number of carbonyl (C=O) groups is 2. The quantitative estimate of drug-likeness (QED) is 0.506. The van der Waals surface area contributed by atoms with E-state index in [-0.39, 0.29) is 17.0 Å². The number of rotatable bonds is 4. The van der Waals surface area contributed by atoms with Gasteiger partial charge in [-0.25, -0.2) is 9.18 Å². The zero-order valence-corrected chi connectivity index (χ0v) is 16.7. The van der Waals surface area contributed by atoms with Crippen molar-refractivity contribution in [1.82, 2.24) is 5.32 Å². The lowest BCUT2D eigenvalue weighted by Crippen LogP contribution is -2.42. The van der Waals surface area contributed by atoms with Gasteiger partial charge in [-0.3, -0.25) is 4.79 Å². The molecule has 0 aromatic heterocycles. The summed E-state index contributed by atoms with van der Waals surface area (Å²) in [5.74, 6) is 1.11. The van der Waals surface area contributed by atoms with Crippen molar-refractivity contribution in [3.05, 3.63) is 35.6 Å². The number of benzene rings is 1. The molecule has 0 saturated carbocycles. The molecule has 0 aliphatic rings. The van der Waals surface area contributed by atoms with Crippen LogP contribution in [0.15, 0.2) is 24.3 Å². The Morgan fingerprint density at radius 1 is 1.28 bits per heavy atom. The summed E-state index contributed by atoms with van der Waals surface area (Å²) in [7, 11) is -0.574. The van der Waals surface area contributed by atoms with Gasteiger partial charge in [0.15, 0.2) is 0 Å². The molecule has 0 radical (unpaired) electrons. The van der Waals surface area contributed by atoms with E-state index in [2.05, 4.69) is 50.6 Å². The molecule has 4 nitrogen and oxygen atoms in total. The molecule has 136 valence electrons. The third-order valence-corrected chi connectivity index (χ3v) is 9.04. The molecule has 25 heavy (non-hydrogen) atoms. The molecule has 0 aliphatic carbocycles. The number of methoxy groups -OCH3 is 1. The average Bonchev–Trinajstić information content (AvgIpc) is 2.52. The van der Waals surface area contributed by atoms with Crippen molar-refractivity contribution in [2.75, 3.05) is 7.11 Å². The largest absolute Gasteiger partial charge is 0.467 e. The average molecular weight is 364 g/mol. The Labute approximate surface area is 150 Å². The summed E-state index contributed by atoms with van der Waals surface area (Å²) >= 11 is 0. The van der Waals surface area contributed by atoms with Crippen molar-refractivity contribution in [1.29, 1.82) is 0 Å². The van der Waals surface area contributed by atoms with Gasteiger partial charge in [0.1, 0.15) is 19.9 Å². The van der Waals surface area contributed by atoms with E-state index in [9.17, 15) is 14.0 Å². The lowest BCUT2D eigenvalue weighted by molar-refractivity contribution is -0.142. The molecule has 1 rings (SSSR count). The summed E-state index contributed by atoms with van der Waals surface area (Å²) in [5, 5.41) is 2.60. The molecule has 1 atom stereocenters. The number of hydrogen-bond donors (Lipinski definition) is 1. The topological polar surface area (TPSA) is 55.4 Å². The van der Waals surface area contributed by atoms with Gasteiger partial charge in [0, 0.05) is 6.42 Å². The van der Waals surface area contributed by atoms with E-state index in [1.54, 1.807) is 6.07 Å². The van der Waals surface area contributed by atoms with E-state index in [4.69, 9.17) is 4.74 Å². The second-order valence-corrected chi connectivity index (χ2v) is 12.4. The minimum atomic E-state index is -1.82. The summed E-state index contributed by atoms with van der Waals surface area (Å²) in [5.41, 5.74) is 3.17. The van der Waals surface area contributed by atoms with Crippen LogP contribution < -0.4 is 5.32 Å². The second kappa shape index (κ2) is 8.30. The van der Waals surface area contributed by atoms with Crippen LogP contribution in [-0.4, -0.2) is 33.1 Å². The van der Waals surface area contributed by atoms with Crippen LogP contribution >= 0.6 is 0 Å². The van der Waals surface area contributed by atoms with E-state index in [0.717, 1.165) is 0 Å². The fraction of sp³-hybridized carbons (Fsp3) is 0.474. The standard InChI is InChI=1S/C19H26FNO3Si/c1-19(2,3)25(5,6)13-9-12-16(18(23)24-4)21-17(22)14-10-7-8-11-15(14)20/h7-8,10-11,16H,12H2,1-6H3,(H,21,22)/t16-/m1/s1. The lowest BCUT2D eigenvalue weighted by Gasteiger charge is -2.31. The minimum Gasteiger partial charge on any atom is -0.467 e. The fourth-order valence-corrected chi connectivity index (χ4v) is 2.70. The molecule has 0 heterocycles. The second-order valence-electron chi connectivity index (χ2n) is 7.41. The van der Waals surface area contributed by atoms with Crippen molar-refractivity contribution in [3.63, 3.8) is 0 Å². The van der Waals surface area contributed by atoms with Gasteiger partial charge in [-0.2, -0.15) is 0 Å². The van der Waals surface area contributed by atoms with Crippen molar-refractivity contribution in [2.24, 2.45) is 0 Å². The van der Waals surface area contributed by atoms with Crippen molar-refractivity contribution in [3.8, 4) is 11.5 Å². The van der Waals surface area contributed by atoms with E-state index in [1.807, 2.05) is 0 Å². The monoisotopic (exact) mass is 363 g/mol. The molecule has 0 unspecified atom stereocenters. The highest BCUT2D eigenvalue weighted by Gasteiger charge is 2.33. The molecule has 0 aliphatic heterocycles. The van der Waals surface area contributed by atoms with Crippen LogP contribution in [0.4, 0.5) is 4.39 Å². The lowest BCUT2D eigenvalue weighted by atomic mass is 10.1. The number of carbonyl (C=O) groups excluding carboxylic acids is 2. The smallest absolute Gasteiger partial charge is 0.329 e. The van der Waals surface area contributed by atoms with E-state index in [0.29, 0.717) is 0 Å². The SMILES string of the molecule is COC(=O)[C@@H](CC#C[Si](C)(C)C(C)(C)C)NC(=O)c1ccccc1F. The first-order chi connectivity index (χ1) is 11.5. The van der Waals surface area contributed by atoms with Crippen LogP contribution in [0.25, 0.3) is 0 Å². The molecular weight excluding hydrogens is 337 g/mol. The van der Waals surface area contributed by atoms with Gasteiger partial charge < -0.3 is 10.1 Å². The molecule has 0 spiro atoms. The predicted octanol–water partition coefficient (Wildman–Crippen LogP) is 3.54. The molecule has 0 bridgehead atoms. The zero-order valence-electron chi connectivity index (χ0n) is 15.7. The molecular formula is C19H26FNO3Si. The van der Waals surface area contributed by atoms with Gasteiger partial charge in [0.2, 0.25) is 0 Å². The molecule has 1 aromatic rings. The highest BCUT2D eigenvalue weighted by atomic mass is 28.3. The van der Waals surface area contributed by atoms with Crippen LogP contribution in [0.5, 0.6) is 0 Å². The normalized spacial score (nSPS) is 12.6. The van der Waals surface area contributed by atoms with Gasteiger partial charge >= 0.3 is 5.97 Å². The van der Waals surface area contributed by atoms with Crippen molar-refractivity contribution >= 4 is 20.0 Å². The molecule has 1 aromatic carbocycles. The maximum Gasteiger partial charge on any atom is 0.329 e. The van der Waals surface area contributed by atoms with Crippen LogP contribution in [0, 0.1) is 17.3 Å². The number of esters is 1. The van der Waals surface area contributed by atoms with Crippen LogP contribution in [0.2, 0.25) is 18.1 Å². The van der Waals surface area contributed by atoms with Gasteiger partial charge in [-0.05, 0) is 17.2 Å². The fourth-order valence-electron chi connectivity index (χ4n) is 1.78. The van der Waals surface area contributed by atoms with Gasteiger partial charge in [0.05, 0.1) is 12.7 Å². The van der Waals surface area contributed by atoms with E-state index < -0.39 is 31.8 Å². The van der Waals surface area contributed by atoms with Crippen LogP contribution in [0.3, 0.4) is 0 Å². The number of nitrogens with one attached hydrogen (secondary N) is 1. The highest BCUT2D eigenvalue weighted by molar-refractivity contribution is 6.87. The Hall–Kier alpha value is -2.13. The van der Waals surface area contributed by atoms with E-state index >= 15 is 0 Å². The first-order valence-electron chi connectivity index (χ1n) is 8.13. The molecule has 6 heteroatoms. The number of amides is 1. The first kappa shape index (κ1) is 20.9. The molecule has 1 N–H and O–H groups in total. The maximum atomic E-state index is 13.7. The first-order valence-corrected chi connectivity index (χ1v) is 11.1. The summed E-state index contributed by atoms with van der Waals surface area (Å²) < 4.78 is 18.4. The van der Waals surface area contributed by atoms with Gasteiger partial charge in [0.25, 0.3) is 5.91 Å². The Morgan fingerprint density at radius 3 is 2.40 bits per heavy atom. The van der Waals surface area contributed by atoms with Gasteiger partial charge in [-0.15, -0.1) is 11.5 Å². The third-order valence-electron chi connectivity index (χ3n) is 4.49. The van der Waals surface area contributed by atoms with Crippen LogP contribution in [0.1, 0.15) is 37.6 Å². The van der Waals surface area contributed by atoms with Crippen LogP contribution in [-0.2, 0) is 9.53 Å². The minimum absolute atomic E-state index is 0.0944. The van der Waals surface area contributed by atoms with Crippen molar-refractivity contribution < 1.29 is 18.7 Å². The Balaban J connectivity index is 2.92. The summed E-state index contributed by atoms with van der Waals surface area (Å²) in [4.78, 5) is 24.1. The van der Waals surface area contributed by atoms with E-state index in [1.165, 1.54) is 25.3 Å². The third kappa shape index (κ3) is 5.71. The maximum absolute atomic E-state index is 13.7. The Bertz CT molecular complexity index is 699. The number of ether oxygens (including phenoxy) is 1. The van der Waals surface area contributed by atoms with Gasteiger partial charge in [-0.1, -0.05) is 46.0 Å². The highest BCUT2D eigenvalue weighted by Crippen LogP contribution is 2.35. The zero-order chi connectivity index (χ0) is 19.3. The Morgan fingerprint density at radius 2 is 1.88 bits per heavy atom. The van der Waals surface area contributed by atoms with Crippen molar-refractivity contribution in [2.45, 2.75) is 51.4 Å². The molecule has 0 saturated heterocycles. The predicted molar refractivity (Wildman–Crippen MR) is 99.3 cm³/mol. The number of halogens is 1. The summed E-state index contributed by atoms with van der Waals surface area (Å²) in [6.45, 7) is 10.7. The molecule has 1 amide bonds. The summed E-state index contributed by atoms with van der Waals surface area (Å²) in [6, 6.07) is 4.67. The molecule has 0 fully saturated rings. The Kier molecular flexibility index (Phi) is 6.94. The summed E-state index contributed by atoms with van der Waals surface area (Å²) in [6.07, 6.45) is 0.124. The number of hydrogen-bond acceptors (Lipinski definition) is 3.